The molecular weight excluding hydrogens is 256 g/mol. The van der Waals surface area contributed by atoms with Crippen molar-refractivity contribution in [1.29, 1.82) is 0 Å². The van der Waals surface area contributed by atoms with E-state index in [1.807, 2.05) is 0 Å². The van der Waals surface area contributed by atoms with Crippen LogP contribution in [0.4, 0.5) is 0 Å². The summed E-state index contributed by atoms with van der Waals surface area (Å²) in [6, 6.07) is -0.122. The van der Waals surface area contributed by atoms with Gasteiger partial charge in [0.15, 0.2) is 0 Å². The second-order valence-corrected chi connectivity index (χ2v) is 6.06. The summed E-state index contributed by atoms with van der Waals surface area (Å²) in [6.45, 7) is 10.1. The molecule has 0 aromatic heterocycles. The second kappa shape index (κ2) is 7.38. The Hall–Kier alpha value is -0.650. The minimum absolute atomic E-state index is 0.110. The third-order valence-corrected chi connectivity index (χ3v) is 4.31. The number of carbonyl (C=O) groups is 1. The predicted octanol–water partition coefficient (Wildman–Crippen LogP) is 1.03. The maximum atomic E-state index is 12.3. The first kappa shape index (κ1) is 15.7. The van der Waals surface area contributed by atoms with Crippen LogP contribution in [0.1, 0.15) is 33.6 Å². The van der Waals surface area contributed by atoms with Crippen LogP contribution in [-0.4, -0.2) is 61.9 Å². The second-order valence-electron chi connectivity index (χ2n) is 6.06. The monoisotopic (exact) mass is 284 g/mol. The van der Waals surface area contributed by atoms with Crippen molar-refractivity contribution in [2.24, 2.45) is 5.92 Å². The summed E-state index contributed by atoms with van der Waals surface area (Å²) >= 11 is 0. The van der Waals surface area contributed by atoms with Gasteiger partial charge in [-0.2, -0.15) is 0 Å². The van der Waals surface area contributed by atoms with Crippen molar-refractivity contribution in [3.05, 3.63) is 0 Å². The van der Waals surface area contributed by atoms with Crippen LogP contribution < -0.4 is 5.32 Å². The third kappa shape index (κ3) is 4.17. The first-order valence-corrected chi connectivity index (χ1v) is 7.85. The van der Waals surface area contributed by atoms with Crippen molar-refractivity contribution in [3.8, 4) is 0 Å². The molecule has 2 fully saturated rings. The molecule has 2 heterocycles. The van der Waals surface area contributed by atoms with Crippen molar-refractivity contribution >= 4 is 5.91 Å². The van der Waals surface area contributed by atoms with Crippen LogP contribution in [0.3, 0.4) is 0 Å². The van der Waals surface area contributed by atoms with E-state index in [2.05, 4.69) is 31.0 Å². The van der Waals surface area contributed by atoms with Crippen molar-refractivity contribution in [3.63, 3.8) is 0 Å². The van der Waals surface area contributed by atoms with Gasteiger partial charge < -0.3 is 14.8 Å². The van der Waals surface area contributed by atoms with Crippen molar-refractivity contribution in [2.75, 3.05) is 32.8 Å². The minimum Gasteiger partial charge on any atom is -0.378 e. The molecule has 0 aliphatic carbocycles. The van der Waals surface area contributed by atoms with E-state index in [0.717, 1.165) is 39.1 Å². The molecule has 1 N–H and O–H groups in total. The predicted molar refractivity (Wildman–Crippen MR) is 77.6 cm³/mol. The van der Waals surface area contributed by atoms with E-state index in [4.69, 9.17) is 9.47 Å². The molecule has 20 heavy (non-hydrogen) atoms. The summed E-state index contributed by atoms with van der Waals surface area (Å²) in [5.41, 5.74) is 0. The zero-order chi connectivity index (χ0) is 14.5. The van der Waals surface area contributed by atoms with Crippen LogP contribution in [0.25, 0.3) is 0 Å². The Bertz CT molecular complexity index is 314. The highest BCUT2D eigenvalue weighted by Gasteiger charge is 2.30. The highest BCUT2D eigenvalue weighted by atomic mass is 16.5. The number of hydrogen-bond acceptors (Lipinski definition) is 4. The van der Waals surface area contributed by atoms with E-state index in [9.17, 15) is 4.79 Å². The molecule has 1 amide bonds. The standard InChI is InChI=1S/C15H28N2O3/c1-4-17-5-6-19-10-14(17)15(18)16-9-13-7-11(2)20-12(3)8-13/h11-14H,4-10H2,1-3H3,(H,16,18)/t11-,12-,14+/m0/s1. The fraction of sp³-hybridized carbons (Fsp3) is 0.933. The smallest absolute Gasteiger partial charge is 0.239 e. The van der Waals surface area contributed by atoms with E-state index in [0.29, 0.717) is 24.7 Å². The van der Waals surface area contributed by atoms with E-state index in [-0.39, 0.29) is 11.9 Å². The Balaban J connectivity index is 1.79. The molecule has 3 atom stereocenters. The SMILES string of the molecule is CCN1CCOC[C@@H]1C(=O)NCC1C[C@H](C)O[C@@H](C)C1. The fourth-order valence-electron chi connectivity index (χ4n) is 3.33. The number of rotatable bonds is 4. The molecule has 0 saturated carbocycles. The molecule has 2 rings (SSSR count). The number of morpholine rings is 1. The molecular formula is C15H28N2O3. The Morgan fingerprint density at radius 1 is 1.30 bits per heavy atom. The van der Waals surface area contributed by atoms with Crippen LogP contribution in [0.5, 0.6) is 0 Å². The Labute approximate surface area is 122 Å². The summed E-state index contributed by atoms with van der Waals surface area (Å²) in [4.78, 5) is 14.5. The molecule has 116 valence electrons. The van der Waals surface area contributed by atoms with Crippen LogP contribution in [-0.2, 0) is 14.3 Å². The number of amides is 1. The molecule has 0 unspecified atom stereocenters. The van der Waals surface area contributed by atoms with Gasteiger partial charge in [0, 0.05) is 13.1 Å². The first-order valence-electron chi connectivity index (χ1n) is 7.85. The lowest BCUT2D eigenvalue weighted by Crippen LogP contribution is -2.54. The average Bonchev–Trinajstić information content (AvgIpc) is 2.43. The van der Waals surface area contributed by atoms with Crippen LogP contribution in [0.15, 0.2) is 0 Å². The molecule has 0 aromatic carbocycles. The topological polar surface area (TPSA) is 50.8 Å². The van der Waals surface area contributed by atoms with Crippen LogP contribution >= 0.6 is 0 Å². The average molecular weight is 284 g/mol. The highest BCUT2D eigenvalue weighted by Crippen LogP contribution is 2.24. The quantitative estimate of drug-likeness (QED) is 0.837. The summed E-state index contributed by atoms with van der Waals surface area (Å²) < 4.78 is 11.2. The van der Waals surface area contributed by atoms with Gasteiger partial charge in [-0.15, -0.1) is 0 Å². The number of hydrogen-bond donors (Lipinski definition) is 1. The van der Waals surface area contributed by atoms with E-state index >= 15 is 0 Å². The summed E-state index contributed by atoms with van der Waals surface area (Å²) in [5, 5.41) is 3.11. The van der Waals surface area contributed by atoms with E-state index in [1.165, 1.54) is 0 Å². The first-order chi connectivity index (χ1) is 9.60. The van der Waals surface area contributed by atoms with Gasteiger partial charge in [-0.3, -0.25) is 9.69 Å². The van der Waals surface area contributed by atoms with Gasteiger partial charge in [-0.25, -0.2) is 0 Å². The largest absolute Gasteiger partial charge is 0.378 e. The third-order valence-electron chi connectivity index (χ3n) is 4.31. The minimum atomic E-state index is -0.122. The van der Waals surface area contributed by atoms with Crippen LogP contribution in [0.2, 0.25) is 0 Å². The van der Waals surface area contributed by atoms with Gasteiger partial charge in [0.05, 0.1) is 25.4 Å². The highest BCUT2D eigenvalue weighted by molar-refractivity contribution is 5.82. The zero-order valence-corrected chi connectivity index (χ0v) is 12.9. The maximum Gasteiger partial charge on any atom is 0.239 e. The number of nitrogens with zero attached hydrogens (tertiary/aromatic N) is 1. The normalized spacial score (nSPS) is 35.8. The zero-order valence-electron chi connectivity index (χ0n) is 12.9. The lowest BCUT2D eigenvalue weighted by atomic mass is 9.92. The molecule has 0 spiro atoms. The fourth-order valence-corrected chi connectivity index (χ4v) is 3.33. The Kier molecular flexibility index (Phi) is 5.81. The number of nitrogens with one attached hydrogen (secondary N) is 1. The Morgan fingerprint density at radius 3 is 2.65 bits per heavy atom. The van der Waals surface area contributed by atoms with E-state index < -0.39 is 0 Å². The molecule has 5 heteroatoms. The number of carbonyl (C=O) groups excluding carboxylic acids is 1. The van der Waals surface area contributed by atoms with Gasteiger partial charge >= 0.3 is 0 Å². The maximum absolute atomic E-state index is 12.3. The molecule has 5 nitrogen and oxygen atoms in total. The Morgan fingerprint density at radius 2 is 2.00 bits per heavy atom. The van der Waals surface area contributed by atoms with Crippen molar-refractivity contribution in [1.82, 2.24) is 10.2 Å². The molecule has 2 aliphatic heterocycles. The van der Waals surface area contributed by atoms with Gasteiger partial charge in [-0.05, 0) is 39.2 Å². The van der Waals surface area contributed by atoms with Gasteiger partial charge in [0.25, 0.3) is 0 Å². The number of ether oxygens (including phenoxy) is 2. The van der Waals surface area contributed by atoms with Crippen molar-refractivity contribution in [2.45, 2.75) is 51.9 Å². The summed E-state index contributed by atoms with van der Waals surface area (Å²) in [7, 11) is 0. The molecule has 0 radical (unpaired) electrons. The van der Waals surface area contributed by atoms with E-state index in [1.54, 1.807) is 0 Å². The molecule has 2 aliphatic rings. The lowest BCUT2D eigenvalue weighted by Gasteiger charge is -2.35. The van der Waals surface area contributed by atoms with Crippen LogP contribution in [0, 0.1) is 5.92 Å². The van der Waals surface area contributed by atoms with Gasteiger partial charge in [0.1, 0.15) is 6.04 Å². The number of likely N-dealkylation sites (N-methyl/N-ethyl adjacent to an activating group) is 1. The van der Waals surface area contributed by atoms with Crippen molar-refractivity contribution < 1.29 is 14.3 Å². The molecule has 2 saturated heterocycles. The molecule has 0 bridgehead atoms. The summed E-state index contributed by atoms with van der Waals surface area (Å²) in [5.74, 6) is 0.635. The van der Waals surface area contributed by atoms with Gasteiger partial charge in [0.2, 0.25) is 5.91 Å². The lowest BCUT2D eigenvalue weighted by molar-refractivity contribution is -0.133. The van der Waals surface area contributed by atoms with Gasteiger partial charge in [-0.1, -0.05) is 6.92 Å². The summed E-state index contributed by atoms with van der Waals surface area (Å²) in [6.07, 6.45) is 2.66. The molecule has 0 aromatic rings.